The quantitative estimate of drug-likeness (QED) is 0.921. The van der Waals surface area contributed by atoms with Crippen molar-refractivity contribution >= 4 is 21.8 Å². The number of halogens is 1. The molecule has 1 aromatic rings. The predicted octanol–water partition coefficient (Wildman–Crippen LogP) is 2.14. The van der Waals surface area contributed by atoms with E-state index in [2.05, 4.69) is 33.2 Å². The third-order valence-corrected chi connectivity index (χ3v) is 4.15. The first-order chi connectivity index (χ1) is 9.10. The number of methoxy groups -OCH3 is 1. The van der Waals surface area contributed by atoms with E-state index in [-0.39, 0.29) is 5.91 Å². The van der Waals surface area contributed by atoms with Gasteiger partial charge in [0.1, 0.15) is 5.75 Å². The van der Waals surface area contributed by atoms with Crippen LogP contribution in [0.1, 0.15) is 16.8 Å². The molecule has 1 heterocycles. The molecule has 19 heavy (non-hydrogen) atoms. The number of rotatable bonds is 4. The van der Waals surface area contributed by atoms with Crippen molar-refractivity contribution in [3.05, 3.63) is 28.2 Å². The number of benzene rings is 1. The van der Waals surface area contributed by atoms with Crippen LogP contribution in [0.25, 0.3) is 0 Å². The van der Waals surface area contributed by atoms with Crippen LogP contribution in [0.2, 0.25) is 0 Å². The second-order valence-corrected chi connectivity index (χ2v) is 5.83. The first-order valence-corrected chi connectivity index (χ1v) is 7.19. The highest BCUT2D eigenvalue weighted by Gasteiger charge is 2.20. The molecule has 1 aliphatic heterocycles. The Morgan fingerprint density at radius 1 is 1.58 bits per heavy atom. The summed E-state index contributed by atoms with van der Waals surface area (Å²) >= 11 is 3.40. The lowest BCUT2D eigenvalue weighted by Gasteiger charge is -2.13. The van der Waals surface area contributed by atoms with Gasteiger partial charge in [-0.2, -0.15) is 0 Å². The fourth-order valence-electron chi connectivity index (χ4n) is 2.33. The zero-order valence-corrected chi connectivity index (χ0v) is 12.9. The zero-order valence-electron chi connectivity index (χ0n) is 11.3. The summed E-state index contributed by atoms with van der Waals surface area (Å²) in [5.74, 6) is 1.19. The highest BCUT2D eigenvalue weighted by Crippen LogP contribution is 2.22. The normalized spacial score (nSPS) is 19.4. The molecule has 0 bridgehead atoms. The summed E-state index contributed by atoms with van der Waals surface area (Å²) < 4.78 is 5.93. The van der Waals surface area contributed by atoms with E-state index in [4.69, 9.17) is 4.74 Å². The smallest absolute Gasteiger partial charge is 0.252 e. The molecular weight excluding hydrogens is 308 g/mol. The van der Waals surface area contributed by atoms with Gasteiger partial charge < -0.3 is 15.0 Å². The molecule has 104 valence electrons. The molecule has 1 unspecified atom stereocenters. The van der Waals surface area contributed by atoms with E-state index in [9.17, 15) is 4.79 Å². The van der Waals surface area contributed by atoms with Crippen molar-refractivity contribution in [1.29, 1.82) is 0 Å². The molecule has 1 saturated heterocycles. The summed E-state index contributed by atoms with van der Waals surface area (Å²) in [7, 11) is 3.71. The molecule has 4 nitrogen and oxygen atoms in total. The van der Waals surface area contributed by atoms with Gasteiger partial charge in [-0.25, -0.2) is 0 Å². The monoisotopic (exact) mass is 326 g/mol. The minimum absolute atomic E-state index is 0.0553. The van der Waals surface area contributed by atoms with Crippen LogP contribution in [0.3, 0.4) is 0 Å². The summed E-state index contributed by atoms with van der Waals surface area (Å²) in [6.07, 6.45) is 1.15. The summed E-state index contributed by atoms with van der Waals surface area (Å²) in [4.78, 5) is 14.5. The lowest BCUT2D eigenvalue weighted by Crippen LogP contribution is -2.30. The van der Waals surface area contributed by atoms with Crippen LogP contribution in [0.15, 0.2) is 22.7 Å². The molecule has 0 aliphatic carbocycles. The Balaban J connectivity index is 1.96. The van der Waals surface area contributed by atoms with Gasteiger partial charge in [-0.15, -0.1) is 0 Å². The maximum atomic E-state index is 12.2. The Morgan fingerprint density at radius 3 is 3.00 bits per heavy atom. The molecule has 5 heteroatoms. The summed E-state index contributed by atoms with van der Waals surface area (Å²) in [6, 6.07) is 5.41. The first kappa shape index (κ1) is 14.3. The highest BCUT2D eigenvalue weighted by molar-refractivity contribution is 9.10. The number of hydrogen-bond acceptors (Lipinski definition) is 3. The van der Waals surface area contributed by atoms with Crippen molar-refractivity contribution in [3.8, 4) is 5.75 Å². The van der Waals surface area contributed by atoms with Crippen LogP contribution < -0.4 is 10.1 Å². The van der Waals surface area contributed by atoms with Gasteiger partial charge in [-0.05, 0) is 60.1 Å². The molecule has 1 fully saturated rings. The molecule has 1 aliphatic rings. The topological polar surface area (TPSA) is 41.6 Å². The second-order valence-electron chi connectivity index (χ2n) is 4.97. The minimum atomic E-state index is -0.0553. The summed E-state index contributed by atoms with van der Waals surface area (Å²) in [5.41, 5.74) is 0.616. The maximum Gasteiger partial charge on any atom is 0.252 e. The first-order valence-electron chi connectivity index (χ1n) is 6.40. The number of hydrogen-bond donors (Lipinski definition) is 1. The minimum Gasteiger partial charge on any atom is -0.497 e. The molecule has 0 spiro atoms. The third kappa shape index (κ3) is 3.70. The zero-order chi connectivity index (χ0) is 13.8. The lowest BCUT2D eigenvalue weighted by molar-refractivity contribution is 0.0946. The Bertz CT molecular complexity index is 465. The van der Waals surface area contributed by atoms with Gasteiger partial charge in [0.15, 0.2) is 0 Å². The van der Waals surface area contributed by atoms with Gasteiger partial charge in [0.25, 0.3) is 5.91 Å². The van der Waals surface area contributed by atoms with Gasteiger partial charge in [-0.1, -0.05) is 0 Å². The van der Waals surface area contributed by atoms with Crippen LogP contribution >= 0.6 is 15.9 Å². The standard InChI is InChI=1S/C14H19BrN2O2/c1-17-6-5-10(9-17)8-16-14(18)12-7-11(19-2)3-4-13(12)15/h3-4,7,10H,5-6,8-9H2,1-2H3,(H,16,18). The van der Waals surface area contributed by atoms with Crippen molar-refractivity contribution in [3.63, 3.8) is 0 Å². The molecule has 1 amide bonds. The van der Waals surface area contributed by atoms with Crippen molar-refractivity contribution in [1.82, 2.24) is 10.2 Å². The number of ether oxygens (including phenoxy) is 1. The molecule has 0 aromatic heterocycles. The van der Waals surface area contributed by atoms with Crippen LogP contribution in [-0.4, -0.2) is 44.6 Å². The fraction of sp³-hybridized carbons (Fsp3) is 0.500. The Morgan fingerprint density at radius 2 is 2.37 bits per heavy atom. The average molecular weight is 327 g/mol. The number of carbonyl (C=O) groups is 1. The van der Waals surface area contributed by atoms with Crippen molar-refractivity contribution in [2.24, 2.45) is 5.92 Å². The maximum absolute atomic E-state index is 12.2. The van der Waals surface area contributed by atoms with E-state index in [0.717, 1.165) is 30.5 Å². The summed E-state index contributed by atoms with van der Waals surface area (Å²) in [5, 5.41) is 3.00. The number of nitrogens with zero attached hydrogens (tertiary/aromatic N) is 1. The van der Waals surface area contributed by atoms with Gasteiger partial charge in [0.05, 0.1) is 12.7 Å². The second kappa shape index (κ2) is 6.39. The molecular formula is C14H19BrN2O2. The van der Waals surface area contributed by atoms with Gasteiger partial charge in [-0.3, -0.25) is 4.79 Å². The fourth-order valence-corrected chi connectivity index (χ4v) is 2.76. The van der Waals surface area contributed by atoms with Gasteiger partial charge in [0, 0.05) is 17.6 Å². The van der Waals surface area contributed by atoms with E-state index < -0.39 is 0 Å². The van der Waals surface area contributed by atoms with E-state index in [0.29, 0.717) is 17.2 Å². The number of likely N-dealkylation sites (tertiary alicyclic amines) is 1. The molecule has 2 rings (SSSR count). The van der Waals surface area contributed by atoms with Gasteiger partial charge >= 0.3 is 0 Å². The predicted molar refractivity (Wildman–Crippen MR) is 78.6 cm³/mol. The number of carbonyl (C=O) groups excluding carboxylic acids is 1. The largest absolute Gasteiger partial charge is 0.497 e. The Hall–Kier alpha value is -1.07. The van der Waals surface area contributed by atoms with E-state index >= 15 is 0 Å². The van der Waals surface area contributed by atoms with Crippen LogP contribution in [0.5, 0.6) is 5.75 Å². The highest BCUT2D eigenvalue weighted by atomic mass is 79.9. The molecule has 0 radical (unpaired) electrons. The van der Waals surface area contributed by atoms with Gasteiger partial charge in [0.2, 0.25) is 0 Å². The van der Waals surface area contributed by atoms with Crippen LogP contribution in [0, 0.1) is 5.92 Å². The Labute approximate surface area is 122 Å². The van der Waals surface area contributed by atoms with Crippen molar-refractivity contribution in [2.45, 2.75) is 6.42 Å². The SMILES string of the molecule is COc1ccc(Br)c(C(=O)NCC2CCN(C)C2)c1. The molecule has 1 aromatic carbocycles. The van der Waals surface area contributed by atoms with Crippen molar-refractivity contribution < 1.29 is 9.53 Å². The Kier molecular flexibility index (Phi) is 4.82. The number of nitrogens with one attached hydrogen (secondary N) is 1. The third-order valence-electron chi connectivity index (χ3n) is 3.46. The summed E-state index contributed by atoms with van der Waals surface area (Å²) in [6.45, 7) is 2.90. The molecule has 1 N–H and O–H groups in total. The molecule has 1 atom stereocenters. The number of amides is 1. The van der Waals surface area contributed by atoms with Crippen LogP contribution in [-0.2, 0) is 0 Å². The van der Waals surface area contributed by atoms with E-state index in [1.165, 1.54) is 0 Å². The van der Waals surface area contributed by atoms with E-state index in [1.54, 1.807) is 13.2 Å². The van der Waals surface area contributed by atoms with E-state index in [1.807, 2.05) is 12.1 Å². The molecule has 0 saturated carbocycles. The van der Waals surface area contributed by atoms with Crippen LogP contribution in [0.4, 0.5) is 0 Å². The average Bonchev–Trinajstić information content (AvgIpc) is 2.82. The lowest BCUT2D eigenvalue weighted by atomic mass is 10.1. The van der Waals surface area contributed by atoms with Crippen molar-refractivity contribution in [2.75, 3.05) is 33.8 Å².